The van der Waals surface area contributed by atoms with Gasteiger partial charge >= 0.3 is 0 Å². The molecule has 0 radical (unpaired) electrons. The average molecular weight is 471 g/mol. The smallest absolute Gasteiger partial charge is 0.246 e. The number of aromatic nitrogens is 2. The molecule has 0 amide bonds. The maximum Gasteiger partial charge on any atom is 0.246 e. The molecule has 0 N–H and O–H groups in total. The van der Waals surface area contributed by atoms with Crippen LogP contribution in [0.5, 0.6) is 23.1 Å². The van der Waals surface area contributed by atoms with Gasteiger partial charge in [0.05, 0.1) is 14.2 Å². The fourth-order valence-corrected chi connectivity index (χ4v) is 5.19. The van der Waals surface area contributed by atoms with Crippen molar-refractivity contribution in [2.45, 2.75) is 11.8 Å². The first-order chi connectivity index (χ1) is 15.9. The number of hydrogen-bond acceptors (Lipinski definition) is 8. The molecule has 2 aromatic carbocycles. The van der Waals surface area contributed by atoms with Gasteiger partial charge in [-0.15, -0.1) is 0 Å². The summed E-state index contributed by atoms with van der Waals surface area (Å²) < 4.78 is 44.3. The second-order valence-corrected chi connectivity index (χ2v) is 9.34. The zero-order chi connectivity index (χ0) is 23.4. The fourth-order valence-electron chi connectivity index (χ4n) is 3.63. The van der Waals surface area contributed by atoms with E-state index in [1.807, 2.05) is 35.2 Å². The summed E-state index contributed by atoms with van der Waals surface area (Å²) in [6.07, 6.45) is 0. The largest absolute Gasteiger partial charge is 0.497 e. The summed E-state index contributed by atoms with van der Waals surface area (Å²) in [6.45, 7) is 3.40. The Hall–Kier alpha value is -3.37. The number of aryl methyl sites for hydroxylation is 1. The first-order valence-corrected chi connectivity index (χ1v) is 11.9. The van der Waals surface area contributed by atoms with Gasteiger partial charge in [-0.2, -0.15) is 9.29 Å². The van der Waals surface area contributed by atoms with Crippen LogP contribution in [0.15, 0.2) is 59.5 Å². The molecule has 0 saturated carbocycles. The highest BCUT2D eigenvalue weighted by atomic mass is 32.2. The average Bonchev–Trinajstić information content (AvgIpc) is 2.84. The van der Waals surface area contributed by atoms with E-state index in [4.69, 9.17) is 14.2 Å². The van der Waals surface area contributed by atoms with Crippen molar-refractivity contribution in [3.8, 4) is 23.1 Å². The number of sulfonamides is 1. The van der Waals surface area contributed by atoms with E-state index in [1.54, 1.807) is 25.1 Å². The van der Waals surface area contributed by atoms with Crippen molar-refractivity contribution >= 4 is 15.8 Å². The second-order valence-electron chi connectivity index (χ2n) is 7.43. The SMILES string of the molecule is COc1ccc(S(=O)(=O)N2CCN(c3cc(Oc4ccccc4)nc(C)n3)CC2)c(OC)c1. The van der Waals surface area contributed by atoms with Crippen LogP contribution in [0.1, 0.15) is 5.82 Å². The molecule has 0 aliphatic carbocycles. The zero-order valence-electron chi connectivity index (χ0n) is 18.8. The highest BCUT2D eigenvalue weighted by molar-refractivity contribution is 7.89. The van der Waals surface area contributed by atoms with Gasteiger partial charge in [-0.05, 0) is 31.2 Å². The molecule has 174 valence electrons. The lowest BCUT2D eigenvalue weighted by Gasteiger charge is -2.35. The molecule has 0 bridgehead atoms. The molecule has 3 aromatic rings. The maximum absolute atomic E-state index is 13.3. The maximum atomic E-state index is 13.3. The Balaban J connectivity index is 1.49. The topological polar surface area (TPSA) is 94.1 Å². The monoisotopic (exact) mass is 470 g/mol. The third-order valence-corrected chi connectivity index (χ3v) is 7.26. The van der Waals surface area contributed by atoms with Crippen LogP contribution in [0.25, 0.3) is 0 Å². The number of hydrogen-bond donors (Lipinski definition) is 0. The molecule has 2 heterocycles. The van der Waals surface area contributed by atoms with Crippen molar-refractivity contribution in [2.24, 2.45) is 0 Å². The highest BCUT2D eigenvalue weighted by Crippen LogP contribution is 2.31. The Morgan fingerprint density at radius 2 is 1.58 bits per heavy atom. The van der Waals surface area contributed by atoms with Gasteiger partial charge in [-0.25, -0.2) is 13.4 Å². The molecule has 1 saturated heterocycles. The van der Waals surface area contributed by atoms with Crippen LogP contribution in [0, 0.1) is 6.92 Å². The first-order valence-electron chi connectivity index (χ1n) is 10.5. The van der Waals surface area contributed by atoms with E-state index in [1.165, 1.54) is 24.6 Å². The molecule has 33 heavy (non-hydrogen) atoms. The molecule has 1 aromatic heterocycles. The van der Waals surface area contributed by atoms with E-state index >= 15 is 0 Å². The molecule has 0 spiro atoms. The Morgan fingerprint density at radius 3 is 2.24 bits per heavy atom. The predicted molar refractivity (Wildman–Crippen MR) is 124 cm³/mol. The molecular weight excluding hydrogens is 444 g/mol. The van der Waals surface area contributed by atoms with Crippen molar-refractivity contribution < 1.29 is 22.6 Å². The van der Waals surface area contributed by atoms with Gasteiger partial charge in [-0.3, -0.25) is 0 Å². The van der Waals surface area contributed by atoms with Gasteiger partial charge in [0.1, 0.15) is 33.8 Å². The van der Waals surface area contributed by atoms with Crippen LogP contribution in [0.2, 0.25) is 0 Å². The second kappa shape index (κ2) is 9.63. The minimum absolute atomic E-state index is 0.121. The summed E-state index contributed by atoms with van der Waals surface area (Å²) >= 11 is 0. The van der Waals surface area contributed by atoms with Gasteiger partial charge in [-0.1, -0.05) is 18.2 Å². The molecule has 0 atom stereocenters. The number of piperazine rings is 1. The minimum atomic E-state index is -3.72. The molecule has 9 nitrogen and oxygen atoms in total. The van der Waals surface area contributed by atoms with Crippen molar-refractivity contribution in [3.63, 3.8) is 0 Å². The van der Waals surface area contributed by atoms with Crippen molar-refractivity contribution in [1.82, 2.24) is 14.3 Å². The lowest BCUT2D eigenvalue weighted by Crippen LogP contribution is -2.49. The van der Waals surface area contributed by atoms with Crippen LogP contribution < -0.4 is 19.1 Å². The normalized spacial score (nSPS) is 14.7. The number of ether oxygens (including phenoxy) is 3. The van der Waals surface area contributed by atoms with E-state index in [2.05, 4.69) is 9.97 Å². The minimum Gasteiger partial charge on any atom is -0.497 e. The van der Waals surface area contributed by atoms with Crippen molar-refractivity contribution in [3.05, 3.63) is 60.4 Å². The van der Waals surface area contributed by atoms with Crippen LogP contribution in [-0.4, -0.2) is 63.1 Å². The Labute approximate surface area is 193 Å². The van der Waals surface area contributed by atoms with E-state index in [-0.39, 0.29) is 10.6 Å². The van der Waals surface area contributed by atoms with Gasteiger partial charge in [0.25, 0.3) is 0 Å². The molecular formula is C23H26N4O5S. The van der Waals surface area contributed by atoms with Gasteiger partial charge in [0.2, 0.25) is 15.9 Å². The quantitative estimate of drug-likeness (QED) is 0.520. The lowest BCUT2D eigenvalue weighted by molar-refractivity contribution is 0.369. The molecule has 1 aliphatic heterocycles. The lowest BCUT2D eigenvalue weighted by atomic mass is 10.3. The Bertz CT molecular complexity index is 1210. The number of benzene rings is 2. The summed E-state index contributed by atoms with van der Waals surface area (Å²) in [5.74, 6) is 3.20. The first kappa shape index (κ1) is 22.8. The summed E-state index contributed by atoms with van der Waals surface area (Å²) in [5, 5.41) is 0. The standard InChI is InChI=1S/C23H26N4O5S/c1-17-24-22(16-23(25-17)32-18-7-5-4-6-8-18)26-11-13-27(14-12-26)33(28,29)21-10-9-19(30-2)15-20(21)31-3/h4-10,15-16H,11-14H2,1-3H3. The van der Waals surface area contributed by atoms with Crippen LogP contribution >= 0.6 is 0 Å². The van der Waals surface area contributed by atoms with E-state index in [9.17, 15) is 8.42 Å². The number of para-hydroxylation sites is 1. The number of nitrogens with zero attached hydrogens (tertiary/aromatic N) is 4. The third kappa shape index (κ3) is 5.01. The van der Waals surface area contributed by atoms with Crippen molar-refractivity contribution in [2.75, 3.05) is 45.3 Å². The summed E-state index contributed by atoms with van der Waals surface area (Å²) in [4.78, 5) is 11.0. The van der Waals surface area contributed by atoms with Crippen LogP contribution in [0.3, 0.4) is 0 Å². The number of methoxy groups -OCH3 is 2. The number of anilines is 1. The number of rotatable bonds is 7. The Morgan fingerprint density at radius 1 is 0.848 bits per heavy atom. The van der Waals surface area contributed by atoms with E-state index in [0.29, 0.717) is 55.2 Å². The van der Waals surface area contributed by atoms with Crippen LogP contribution in [-0.2, 0) is 10.0 Å². The molecule has 4 rings (SSSR count). The molecule has 1 fully saturated rings. The molecule has 10 heteroatoms. The van der Waals surface area contributed by atoms with Gasteiger partial charge in [0.15, 0.2) is 0 Å². The predicted octanol–water partition coefficient (Wildman–Crippen LogP) is 3.11. The van der Waals surface area contributed by atoms with E-state index < -0.39 is 10.0 Å². The third-order valence-electron chi connectivity index (χ3n) is 5.32. The molecule has 0 unspecified atom stereocenters. The molecule has 1 aliphatic rings. The fraction of sp³-hybridized carbons (Fsp3) is 0.304. The van der Waals surface area contributed by atoms with Gasteiger partial charge < -0.3 is 19.1 Å². The summed E-state index contributed by atoms with van der Waals surface area (Å²) in [6, 6.07) is 15.9. The summed E-state index contributed by atoms with van der Waals surface area (Å²) in [5.41, 5.74) is 0. The van der Waals surface area contributed by atoms with Crippen LogP contribution in [0.4, 0.5) is 5.82 Å². The highest BCUT2D eigenvalue weighted by Gasteiger charge is 2.31. The van der Waals surface area contributed by atoms with Crippen molar-refractivity contribution in [1.29, 1.82) is 0 Å². The summed E-state index contributed by atoms with van der Waals surface area (Å²) in [7, 11) is -0.760. The van der Waals surface area contributed by atoms with Gasteiger partial charge in [0, 0.05) is 38.3 Å². The zero-order valence-corrected chi connectivity index (χ0v) is 19.6. The van der Waals surface area contributed by atoms with E-state index in [0.717, 1.165) is 0 Å². The Kier molecular flexibility index (Phi) is 6.66.